The molecule has 4 N–H and O–H groups in total. The predicted octanol–water partition coefficient (Wildman–Crippen LogP) is 3.09. The standard InChI is InChI=1S/C45H78N2O13/c1-13-34-35(59-45-43(55-12)42(54-11)39(52)30(8)57-45)19-24(2)14-15-32(48)27(5)20-31(16-17-47-22-25(3)18-26(4)23-47)41(28(6)33(49)21-36(50)58-34)60-44-40(53)37(46(9)10)38(51)29(7)56-44/h14-15,19,25-31,33-35,37-45,49,51-53H,13,16-18,20-23H2,1-12H3/b15-14-,24-19+/t25-,26+,27-,28+,29-,30-,31?,33-,34?,35+,37+,38-,39-,40-,41?,42-,43-,44-,45+/m1/s1. The normalized spacial score (nSPS) is 44.9. The summed E-state index contributed by atoms with van der Waals surface area (Å²) in [6.45, 7) is 18.0. The monoisotopic (exact) mass is 855 g/mol. The van der Waals surface area contributed by atoms with Crippen molar-refractivity contribution in [2.45, 2.75) is 173 Å². The number of carbonyl (C=O) groups is 2. The fourth-order valence-corrected chi connectivity index (χ4v) is 9.74. The number of piperidine rings is 1. The second-order valence-corrected chi connectivity index (χ2v) is 18.6. The molecule has 0 aliphatic carbocycles. The van der Waals surface area contributed by atoms with E-state index in [-0.39, 0.29) is 18.1 Å². The number of hydrogen-bond donors (Lipinski definition) is 4. The Hall–Kier alpha value is -1.86. The molecule has 15 heteroatoms. The van der Waals surface area contributed by atoms with E-state index in [1.54, 1.807) is 51.1 Å². The van der Waals surface area contributed by atoms with E-state index in [9.17, 15) is 30.0 Å². The Morgan fingerprint density at radius 2 is 1.42 bits per heavy atom. The molecule has 346 valence electrons. The molecule has 0 spiro atoms. The van der Waals surface area contributed by atoms with Gasteiger partial charge in [-0.15, -0.1) is 0 Å². The molecule has 0 aromatic carbocycles. The Labute approximate surface area is 358 Å². The molecular weight excluding hydrogens is 776 g/mol. The summed E-state index contributed by atoms with van der Waals surface area (Å²) in [6, 6.07) is -0.690. The Balaban J connectivity index is 1.72. The summed E-state index contributed by atoms with van der Waals surface area (Å²) in [7, 11) is 6.49. The van der Waals surface area contributed by atoms with Gasteiger partial charge in [-0.25, -0.2) is 0 Å². The van der Waals surface area contributed by atoms with Gasteiger partial charge in [0.15, 0.2) is 18.4 Å². The number of likely N-dealkylation sites (N-methyl/N-ethyl adjacent to an activating group) is 1. The fraction of sp³-hybridized carbons (Fsp3) is 0.867. The first-order valence-electron chi connectivity index (χ1n) is 22.2. The smallest absolute Gasteiger partial charge is 0.308 e. The highest BCUT2D eigenvalue weighted by molar-refractivity contribution is 5.91. The largest absolute Gasteiger partial charge is 0.459 e. The summed E-state index contributed by atoms with van der Waals surface area (Å²) in [5, 5.41) is 45.3. The highest BCUT2D eigenvalue weighted by Gasteiger charge is 2.48. The lowest BCUT2D eigenvalue weighted by Crippen LogP contribution is -2.63. The Morgan fingerprint density at radius 1 is 0.800 bits per heavy atom. The highest BCUT2D eigenvalue weighted by atomic mass is 16.7. The van der Waals surface area contributed by atoms with Gasteiger partial charge in [0.25, 0.3) is 0 Å². The number of hydrogen-bond acceptors (Lipinski definition) is 15. The van der Waals surface area contributed by atoms with E-state index in [1.165, 1.54) is 14.2 Å². The molecule has 0 aromatic heterocycles. The molecule has 0 amide bonds. The summed E-state index contributed by atoms with van der Waals surface area (Å²) in [4.78, 5) is 32.1. The van der Waals surface area contributed by atoms with Gasteiger partial charge in [0, 0.05) is 39.1 Å². The molecule has 60 heavy (non-hydrogen) atoms. The maximum Gasteiger partial charge on any atom is 0.308 e. The molecule has 3 unspecified atom stereocenters. The summed E-state index contributed by atoms with van der Waals surface area (Å²) in [6.07, 6.45) is -4.80. The zero-order chi connectivity index (χ0) is 44.6. The molecule has 0 aromatic rings. The van der Waals surface area contributed by atoms with E-state index >= 15 is 0 Å². The lowest BCUT2D eigenvalue weighted by Gasteiger charge is -2.47. The molecule has 4 rings (SSSR count). The summed E-state index contributed by atoms with van der Waals surface area (Å²) in [5.74, 6) is -1.10. The van der Waals surface area contributed by atoms with Gasteiger partial charge in [0.05, 0.1) is 43.0 Å². The molecule has 0 bridgehead atoms. The first-order valence-corrected chi connectivity index (χ1v) is 22.2. The van der Waals surface area contributed by atoms with Crippen LogP contribution in [0.25, 0.3) is 0 Å². The van der Waals surface area contributed by atoms with Crippen LogP contribution in [0.3, 0.4) is 0 Å². The molecular formula is C45H78N2O13. The van der Waals surface area contributed by atoms with Gasteiger partial charge in [-0.05, 0) is 97.0 Å². The molecule has 3 fully saturated rings. The Kier molecular flexibility index (Phi) is 19.6. The minimum absolute atomic E-state index is 0.0953. The molecule has 4 aliphatic rings. The van der Waals surface area contributed by atoms with Crippen molar-refractivity contribution in [2.75, 3.05) is 47.9 Å². The van der Waals surface area contributed by atoms with Crippen LogP contribution >= 0.6 is 0 Å². The predicted molar refractivity (Wildman–Crippen MR) is 225 cm³/mol. The maximum absolute atomic E-state index is 14.0. The van der Waals surface area contributed by atoms with Crippen LogP contribution < -0.4 is 0 Å². The van der Waals surface area contributed by atoms with Gasteiger partial charge >= 0.3 is 5.97 Å². The van der Waals surface area contributed by atoms with Crippen LogP contribution in [-0.4, -0.2) is 176 Å². The molecule has 4 aliphatic heterocycles. The number of ether oxygens (including phenoxy) is 7. The van der Waals surface area contributed by atoms with Gasteiger partial charge in [0.1, 0.15) is 36.6 Å². The molecule has 3 saturated heterocycles. The first-order chi connectivity index (χ1) is 28.3. The third kappa shape index (κ3) is 13.1. The van der Waals surface area contributed by atoms with E-state index in [0.29, 0.717) is 36.7 Å². The van der Waals surface area contributed by atoms with Crippen LogP contribution in [-0.2, 0) is 42.7 Å². The number of methoxy groups -OCH3 is 2. The zero-order valence-corrected chi connectivity index (χ0v) is 38.2. The molecule has 15 nitrogen and oxygen atoms in total. The number of aliphatic hydroxyl groups is 4. The van der Waals surface area contributed by atoms with Crippen LogP contribution in [0.4, 0.5) is 0 Å². The van der Waals surface area contributed by atoms with Crippen LogP contribution in [0, 0.1) is 29.6 Å². The van der Waals surface area contributed by atoms with E-state index in [0.717, 1.165) is 26.1 Å². The topological polar surface area (TPSA) is 186 Å². The zero-order valence-electron chi connectivity index (χ0n) is 38.2. The van der Waals surface area contributed by atoms with Crippen LogP contribution in [0.15, 0.2) is 23.8 Å². The number of carbonyl (C=O) groups excluding carboxylic acids is 2. The third-order valence-electron chi connectivity index (χ3n) is 13.1. The maximum atomic E-state index is 14.0. The molecule has 0 saturated carbocycles. The number of esters is 1. The number of likely N-dealkylation sites (tertiary alicyclic amines) is 1. The lowest BCUT2D eigenvalue weighted by atomic mass is 9.79. The third-order valence-corrected chi connectivity index (χ3v) is 13.1. The van der Waals surface area contributed by atoms with E-state index in [2.05, 4.69) is 18.7 Å². The number of aliphatic hydroxyl groups excluding tert-OH is 4. The summed E-state index contributed by atoms with van der Waals surface area (Å²) >= 11 is 0. The van der Waals surface area contributed by atoms with Gasteiger partial charge in [-0.3, -0.25) is 9.59 Å². The van der Waals surface area contributed by atoms with Crippen molar-refractivity contribution in [2.24, 2.45) is 29.6 Å². The van der Waals surface area contributed by atoms with E-state index in [1.807, 2.05) is 27.7 Å². The van der Waals surface area contributed by atoms with E-state index < -0.39 is 104 Å². The number of ketones is 1. The summed E-state index contributed by atoms with van der Waals surface area (Å²) in [5.41, 5.74) is 0.679. The van der Waals surface area contributed by atoms with Gasteiger partial charge < -0.3 is 63.4 Å². The Bertz CT molecular complexity index is 1400. The quantitative estimate of drug-likeness (QED) is 0.222. The number of allylic oxidation sites excluding steroid dienone is 3. The van der Waals surface area contributed by atoms with Crippen molar-refractivity contribution in [1.29, 1.82) is 0 Å². The second kappa shape index (κ2) is 23.2. The van der Waals surface area contributed by atoms with Crippen molar-refractivity contribution in [1.82, 2.24) is 9.80 Å². The van der Waals surface area contributed by atoms with Crippen LogP contribution in [0.2, 0.25) is 0 Å². The molecule has 0 radical (unpaired) electrons. The average molecular weight is 855 g/mol. The van der Waals surface area contributed by atoms with Gasteiger partial charge in [0.2, 0.25) is 0 Å². The van der Waals surface area contributed by atoms with Crippen molar-refractivity contribution in [3.8, 4) is 0 Å². The Morgan fingerprint density at radius 3 is 2.02 bits per heavy atom. The SMILES string of the molecule is CCC1OC(=O)C[C@@H](O)[C@H](C)C(O[C@H]2O[C@H](C)[C@@H](O)[C@H](N(C)C)[C@H]2O)C(CCN2C[C@H](C)C[C@H](C)C2)C[C@@H](C)C(=O)/C=C\C(C)=C\[C@@H]1O[C@@H]1O[C@H](C)[C@@H](O)[C@@H](OC)[C@H]1OC. The number of cyclic esters (lactones) is 1. The first kappa shape index (κ1) is 50.8. The van der Waals surface area contributed by atoms with Crippen molar-refractivity contribution < 1.29 is 63.2 Å². The lowest BCUT2D eigenvalue weighted by molar-refractivity contribution is -0.313. The summed E-state index contributed by atoms with van der Waals surface area (Å²) < 4.78 is 42.9. The van der Waals surface area contributed by atoms with Crippen LogP contribution in [0.1, 0.15) is 87.5 Å². The fourth-order valence-electron chi connectivity index (χ4n) is 9.74. The highest BCUT2D eigenvalue weighted by Crippen LogP contribution is 2.36. The van der Waals surface area contributed by atoms with E-state index in [4.69, 9.17) is 33.2 Å². The minimum atomic E-state index is -1.24. The molecule has 19 atom stereocenters. The van der Waals surface area contributed by atoms with Crippen LogP contribution in [0.5, 0.6) is 0 Å². The number of nitrogens with zero attached hydrogens (tertiary/aromatic N) is 2. The molecule has 4 heterocycles. The van der Waals surface area contributed by atoms with Crippen molar-refractivity contribution >= 4 is 11.8 Å². The van der Waals surface area contributed by atoms with Crippen molar-refractivity contribution in [3.05, 3.63) is 23.8 Å². The number of rotatable bonds is 11. The average Bonchev–Trinajstić information content (AvgIpc) is 3.18. The second-order valence-electron chi connectivity index (χ2n) is 18.6. The minimum Gasteiger partial charge on any atom is -0.459 e. The van der Waals surface area contributed by atoms with Crippen molar-refractivity contribution in [3.63, 3.8) is 0 Å². The van der Waals surface area contributed by atoms with Gasteiger partial charge in [-0.2, -0.15) is 0 Å². The van der Waals surface area contributed by atoms with Gasteiger partial charge in [-0.1, -0.05) is 46.3 Å².